The van der Waals surface area contributed by atoms with Crippen LogP contribution in [0.4, 0.5) is 0 Å². The Bertz CT molecular complexity index is 895. The first kappa shape index (κ1) is 14.5. The number of furan rings is 1. The summed E-state index contributed by atoms with van der Waals surface area (Å²) >= 11 is 0. The fourth-order valence-corrected chi connectivity index (χ4v) is 2.71. The molecule has 6 heteroatoms. The first-order valence-electron chi connectivity index (χ1n) is 6.57. The maximum atomic E-state index is 11.3. The van der Waals surface area contributed by atoms with Crippen LogP contribution in [-0.2, 0) is 10.0 Å². The highest BCUT2D eigenvalue weighted by Crippen LogP contribution is 2.33. The second kappa shape index (κ2) is 5.40. The Balaban J connectivity index is 2.03. The zero-order valence-electron chi connectivity index (χ0n) is 11.9. The highest BCUT2D eigenvalue weighted by atomic mass is 32.2. The minimum absolute atomic E-state index is 0.0818. The van der Waals surface area contributed by atoms with Crippen LogP contribution >= 0.6 is 0 Å². The molecule has 1 aromatic carbocycles. The first-order valence-corrected chi connectivity index (χ1v) is 8.12. The Hall–Kier alpha value is -2.44. The molecule has 3 rings (SSSR count). The lowest BCUT2D eigenvalue weighted by Gasteiger charge is -2.05. The lowest BCUT2D eigenvalue weighted by Crippen LogP contribution is -2.11. The Morgan fingerprint density at radius 2 is 1.55 bits per heavy atom. The van der Waals surface area contributed by atoms with Crippen LogP contribution in [-0.4, -0.2) is 13.4 Å². The summed E-state index contributed by atoms with van der Waals surface area (Å²) in [5.41, 5.74) is 4.48. The average molecular weight is 314 g/mol. The Labute approximate surface area is 128 Å². The molecule has 5 nitrogen and oxygen atoms in total. The number of rotatable bonds is 3. The van der Waals surface area contributed by atoms with Gasteiger partial charge in [0.1, 0.15) is 0 Å². The molecule has 0 bridgehead atoms. The molecule has 2 aromatic heterocycles. The van der Waals surface area contributed by atoms with Crippen molar-refractivity contribution in [3.63, 3.8) is 0 Å². The number of benzene rings is 1. The highest BCUT2D eigenvalue weighted by molar-refractivity contribution is 7.89. The molecule has 0 spiro atoms. The molecule has 0 unspecified atom stereocenters. The third-order valence-corrected chi connectivity index (χ3v) is 4.31. The summed E-state index contributed by atoms with van der Waals surface area (Å²) < 4.78 is 27.9. The zero-order chi connectivity index (χ0) is 15.7. The molecular formula is C16H14N2O3S. The van der Waals surface area contributed by atoms with Gasteiger partial charge in [0.25, 0.3) is 0 Å². The van der Waals surface area contributed by atoms with Gasteiger partial charge in [-0.05, 0) is 30.7 Å². The summed E-state index contributed by atoms with van der Waals surface area (Å²) in [5.74, 6) is 0. The molecule has 0 saturated carbocycles. The minimum Gasteiger partial charge on any atom is -0.471 e. The van der Waals surface area contributed by atoms with E-state index in [1.54, 1.807) is 30.9 Å². The smallest absolute Gasteiger partial charge is 0.238 e. The van der Waals surface area contributed by atoms with Gasteiger partial charge >= 0.3 is 0 Å². The molecule has 22 heavy (non-hydrogen) atoms. The lowest BCUT2D eigenvalue weighted by molar-refractivity contribution is 0.569. The number of nitrogens with two attached hydrogens (primary N) is 1. The third kappa shape index (κ3) is 2.79. The summed E-state index contributed by atoms with van der Waals surface area (Å²) in [6.45, 7) is 1.92. The number of aryl methyl sites for hydroxylation is 1. The number of pyridine rings is 1. The normalized spacial score (nSPS) is 11.5. The van der Waals surface area contributed by atoms with Gasteiger partial charge in [-0.1, -0.05) is 18.2 Å². The van der Waals surface area contributed by atoms with Crippen LogP contribution in [0.15, 0.2) is 64.4 Å². The van der Waals surface area contributed by atoms with E-state index in [-0.39, 0.29) is 4.90 Å². The van der Waals surface area contributed by atoms with Crippen LogP contribution < -0.4 is 5.14 Å². The van der Waals surface area contributed by atoms with E-state index in [1.165, 1.54) is 12.1 Å². The van der Waals surface area contributed by atoms with E-state index in [1.807, 2.05) is 19.1 Å². The Kier molecular flexibility index (Phi) is 3.56. The molecule has 0 aliphatic heterocycles. The van der Waals surface area contributed by atoms with E-state index in [0.717, 1.165) is 27.9 Å². The minimum atomic E-state index is -3.69. The van der Waals surface area contributed by atoms with E-state index in [9.17, 15) is 8.42 Å². The van der Waals surface area contributed by atoms with Crippen molar-refractivity contribution in [1.82, 2.24) is 4.98 Å². The number of hydrogen-bond donors (Lipinski definition) is 1. The molecule has 0 atom stereocenters. The average Bonchev–Trinajstić information content (AvgIpc) is 2.97. The van der Waals surface area contributed by atoms with Crippen molar-refractivity contribution in [2.75, 3.05) is 0 Å². The van der Waals surface area contributed by atoms with E-state index in [0.29, 0.717) is 0 Å². The van der Waals surface area contributed by atoms with Gasteiger partial charge in [-0.3, -0.25) is 4.98 Å². The largest absolute Gasteiger partial charge is 0.471 e. The van der Waals surface area contributed by atoms with Crippen molar-refractivity contribution in [1.29, 1.82) is 0 Å². The van der Waals surface area contributed by atoms with Crippen LogP contribution in [0.25, 0.3) is 22.3 Å². The highest BCUT2D eigenvalue weighted by Gasteiger charge is 2.12. The van der Waals surface area contributed by atoms with Crippen LogP contribution in [0.1, 0.15) is 5.69 Å². The first-order chi connectivity index (χ1) is 10.4. The van der Waals surface area contributed by atoms with E-state index < -0.39 is 10.0 Å². The van der Waals surface area contributed by atoms with Gasteiger partial charge in [0.15, 0.2) is 0 Å². The van der Waals surface area contributed by atoms with Crippen LogP contribution in [0.3, 0.4) is 0 Å². The summed E-state index contributed by atoms with van der Waals surface area (Å²) in [6.07, 6.45) is 5.05. The van der Waals surface area contributed by atoms with Crippen LogP contribution in [0, 0.1) is 6.92 Å². The predicted molar refractivity (Wildman–Crippen MR) is 83.5 cm³/mol. The summed E-state index contributed by atoms with van der Waals surface area (Å²) in [5, 5.41) is 5.11. The molecular weight excluding hydrogens is 300 g/mol. The topological polar surface area (TPSA) is 86.2 Å². The van der Waals surface area contributed by atoms with Crippen molar-refractivity contribution in [3.8, 4) is 22.3 Å². The van der Waals surface area contributed by atoms with E-state index >= 15 is 0 Å². The van der Waals surface area contributed by atoms with Crippen molar-refractivity contribution in [2.24, 2.45) is 5.14 Å². The van der Waals surface area contributed by atoms with Gasteiger partial charge in [0, 0.05) is 28.6 Å². The van der Waals surface area contributed by atoms with Gasteiger partial charge < -0.3 is 4.42 Å². The third-order valence-electron chi connectivity index (χ3n) is 3.38. The van der Waals surface area contributed by atoms with Gasteiger partial charge in [-0.15, -0.1) is 0 Å². The fourth-order valence-electron chi connectivity index (χ4n) is 2.20. The lowest BCUT2D eigenvalue weighted by atomic mass is 10.0. The molecule has 0 amide bonds. The van der Waals surface area contributed by atoms with Crippen LogP contribution in [0.5, 0.6) is 0 Å². The molecule has 0 aliphatic carbocycles. The molecule has 2 N–H and O–H groups in total. The maximum absolute atomic E-state index is 11.3. The summed E-state index contributed by atoms with van der Waals surface area (Å²) in [6, 6.07) is 10.3. The maximum Gasteiger partial charge on any atom is 0.238 e. The van der Waals surface area contributed by atoms with Gasteiger partial charge in [0.05, 0.1) is 17.4 Å². The van der Waals surface area contributed by atoms with Gasteiger partial charge in [-0.25, -0.2) is 13.6 Å². The van der Waals surface area contributed by atoms with E-state index in [2.05, 4.69) is 4.98 Å². The van der Waals surface area contributed by atoms with Gasteiger partial charge in [-0.2, -0.15) is 0 Å². The second-order valence-electron chi connectivity index (χ2n) is 4.96. The number of nitrogens with zero attached hydrogens (tertiary/aromatic N) is 1. The summed E-state index contributed by atoms with van der Waals surface area (Å²) in [7, 11) is -3.69. The molecule has 112 valence electrons. The summed E-state index contributed by atoms with van der Waals surface area (Å²) in [4.78, 5) is 4.36. The van der Waals surface area contributed by atoms with Crippen molar-refractivity contribution < 1.29 is 12.8 Å². The van der Waals surface area contributed by atoms with Gasteiger partial charge in [0.2, 0.25) is 10.0 Å². The number of sulfonamides is 1. The van der Waals surface area contributed by atoms with Crippen molar-refractivity contribution >= 4 is 10.0 Å². The molecule has 0 fully saturated rings. The standard InChI is InChI=1S/C16H14N2O3S/c1-11-2-3-13(8-18-11)16-10-21-9-15(16)12-4-6-14(7-5-12)22(17,19)20/h2-10H,1H3,(H2,17,19,20). The molecule has 3 aromatic rings. The monoisotopic (exact) mass is 314 g/mol. The molecule has 0 aliphatic rings. The number of aromatic nitrogens is 1. The van der Waals surface area contributed by atoms with Crippen molar-refractivity contribution in [3.05, 3.63) is 60.8 Å². The van der Waals surface area contributed by atoms with Crippen LogP contribution in [0.2, 0.25) is 0 Å². The predicted octanol–water partition coefficient (Wildman–Crippen LogP) is 2.96. The SMILES string of the molecule is Cc1ccc(-c2cocc2-c2ccc(S(N)(=O)=O)cc2)cn1. The Morgan fingerprint density at radius 1 is 0.955 bits per heavy atom. The fraction of sp³-hybridized carbons (Fsp3) is 0.0625. The zero-order valence-corrected chi connectivity index (χ0v) is 12.7. The molecule has 0 radical (unpaired) electrons. The number of primary sulfonamides is 1. The molecule has 2 heterocycles. The van der Waals surface area contributed by atoms with E-state index in [4.69, 9.17) is 9.56 Å². The molecule has 0 saturated heterocycles. The second-order valence-corrected chi connectivity index (χ2v) is 6.52. The van der Waals surface area contributed by atoms with Crippen molar-refractivity contribution in [2.45, 2.75) is 11.8 Å². The Morgan fingerprint density at radius 3 is 2.09 bits per heavy atom. The number of hydrogen-bond acceptors (Lipinski definition) is 4. The quantitative estimate of drug-likeness (QED) is 0.805.